The Bertz CT molecular complexity index is 488. The average Bonchev–Trinajstić information content (AvgIpc) is 3.04. The first-order chi connectivity index (χ1) is 7.83. The molecular formula is C11H15N5. The van der Waals surface area contributed by atoms with Gasteiger partial charge in [0, 0.05) is 24.8 Å². The fourth-order valence-electron chi connectivity index (χ4n) is 1.82. The van der Waals surface area contributed by atoms with E-state index < -0.39 is 0 Å². The monoisotopic (exact) mass is 217 g/mol. The molecule has 0 spiro atoms. The molecule has 1 unspecified atom stereocenters. The lowest BCUT2D eigenvalue weighted by molar-refractivity contribution is 0.620. The van der Waals surface area contributed by atoms with Crippen molar-refractivity contribution in [3.63, 3.8) is 0 Å². The summed E-state index contributed by atoms with van der Waals surface area (Å²) in [5.74, 6) is 1.58. The number of aromatic nitrogens is 3. The molecule has 0 bridgehead atoms. The minimum atomic E-state index is 0.253. The van der Waals surface area contributed by atoms with E-state index in [4.69, 9.17) is 5.73 Å². The lowest BCUT2D eigenvalue weighted by Gasteiger charge is -2.11. The summed E-state index contributed by atoms with van der Waals surface area (Å²) in [7, 11) is 0. The molecule has 1 aliphatic carbocycles. The van der Waals surface area contributed by atoms with Crippen molar-refractivity contribution >= 4 is 11.5 Å². The number of nitrogens with one attached hydrogen (secondary N) is 1. The minimum absolute atomic E-state index is 0.253. The van der Waals surface area contributed by atoms with Crippen LogP contribution in [0.5, 0.6) is 0 Å². The van der Waals surface area contributed by atoms with Crippen LogP contribution in [0.2, 0.25) is 0 Å². The van der Waals surface area contributed by atoms with Gasteiger partial charge in [0.25, 0.3) is 0 Å². The van der Waals surface area contributed by atoms with Crippen molar-refractivity contribution in [2.45, 2.75) is 18.9 Å². The van der Waals surface area contributed by atoms with Crippen molar-refractivity contribution in [1.82, 2.24) is 14.6 Å². The zero-order valence-electron chi connectivity index (χ0n) is 9.00. The van der Waals surface area contributed by atoms with Crippen LogP contribution in [0.1, 0.15) is 12.8 Å². The maximum atomic E-state index is 6.01. The normalized spacial score (nSPS) is 17.6. The lowest BCUT2D eigenvalue weighted by atomic mass is 10.2. The van der Waals surface area contributed by atoms with Gasteiger partial charge in [0.15, 0.2) is 5.65 Å². The van der Waals surface area contributed by atoms with Crippen molar-refractivity contribution < 1.29 is 0 Å². The standard InChI is InChI=1S/C11H15N5/c12-9(8-1-2-8)7-13-10-4-6-16-11(15-10)3-5-14-16/h3-6,8-9H,1-2,7,12H2,(H,13,15). The second kappa shape index (κ2) is 3.75. The quantitative estimate of drug-likeness (QED) is 0.797. The first-order valence-electron chi connectivity index (χ1n) is 5.63. The molecule has 2 aromatic heterocycles. The number of fused-ring (bicyclic) bond motifs is 1. The summed E-state index contributed by atoms with van der Waals surface area (Å²) in [6.45, 7) is 0.794. The zero-order chi connectivity index (χ0) is 11.0. The Morgan fingerprint density at radius 2 is 2.38 bits per heavy atom. The Kier molecular flexibility index (Phi) is 2.25. The molecule has 0 amide bonds. The van der Waals surface area contributed by atoms with Crippen molar-refractivity contribution in [1.29, 1.82) is 0 Å². The zero-order valence-corrected chi connectivity index (χ0v) is 9.00. The highest BCUT2D eigenvalue weighted by molar-refractivity contribution is 5.45. The van der Waals surface area contributed by atoms with E-state index in [1.807, 2.05) is 18.3 Å². The van der Waals surface area contributed by atoms with Gasteiger partial charge in [-0.05, 0) is 24.8 Å². The summed E-state index contributed by atoms with van der Waals surface area (Å²) in [5.41, 5.74) is 6.86. The van der Waals surface area contributed by atoms with E-state index in [1.165, 1.54) is 12.8 Å². The highest BCUT2D eigenvalue weighted by Crippen LogP contribution is 2.31. The molecule has 3 rings (SSSR count). The summed E-state index contributed by atoms with van der Waals surface area (Å²) in [6, 6.07) is 4.05. The van der Waals surface area contributed by atoms with E-state index in [-0.39, 0.29) is 6.04 Å². The third kappa shape index (κ3) is 1.86. The van der Waals surface area contributed by atoms with Crippen LogP contribution in [0, 0.1) is 5.92 Å². The van der Waals surface area contributed by atoms with Gasteiger partial charge < -0.3 is 11.1 Å². The van der Waals surface area contributed by atoms with E-state index in [0.717, 1.165) is 18.0 Å². The molecule has 84 valence electrons. The highest BCUT2D eigenvalue weighted by atomic mass is 15.2. The summed E-state index contributed by atoms with van der Waals surface area (Å²) in [5, 5.41) is 7.37. The first kappa shape index (κ1) is 9.59. The van der Waals surface area contributed by atoms with Gasteiger partial charge >= 0.3 is 0 Å². The lowest BCUT2D eigenvalue weighted by Crippen LogP contribution is -2.31. The Labute approximate surface area is 93.7 Å². The fourth-order valence-corrected chi connectivity index (χ4v) is 1.82. The Morgan fingerprint density at radius 3 is 3.19 bits per heavy atom. The van der Waals surface area contributed by atoms with Gasteiger partial charge in [-0.3, -0.25) is 0 Å². The second-order valence-electron chi connectivity index (χ2n) is 4.33. The van der Waals surface area contributed by atoms with Crippen LogP contribution in [-0.4, -0.2) is 27.2 Å². The van der Waals surface area contributed by atoms with Crippen molar-refractivity contribution in [2.24, 2.45) is 11.7 Å². The number of nitrogens with two attached hydrogens (primary N) is 1. The van der Waals surface area contributed by atoms with Crippen molar-refractivity contribution in [3.05, 3.63) is 24.5 Å². The topological polar surface area (TPSA) is 68.2 Å². The summed E-state index contributed by atoms with van der Waals surface area (Å²) in [6.07, 6.45) is 6.19. The van der Waals surface area contributed by atoms with Gasteiger partial charge in [-0.1, -0.05) is 0 Å². The van der Waals surface area contributed by atoms with Gasteiger partial charge in [-0.2, -0.15) is 5.10 Å². The third-order valence-electron chi connectivity index (χ3n) is 3.00. The summed E-state index contributed by atoms with van der Waals surface area (Å²) >= 11 is 0. The van der Waals surface area contributed by atoms with E-state index >= 15 is 0 Å². The number of nitrogens with zero attached hydrogens (tertiary/aromatic N) is 3. The molecule has 0 aromatic carbocycles. The summed E-state index contributed by atoms with van der Waals surface area (Å²) in [4.78, 5) is 4.42. The SMILES string of the molecule is NC(CNc1ccn2nccc2n1)C1CC1. The Hall–Kier alpha value is -1.62. The maximum absolute atomic E-state index is 6.01. The van der Waals surface area contributed by atoms with Crippen LogP contribution in [0.15, 0.2) is 24.5 Å². The van der Waals surface area contributed by atoms with E-state index in [1.54, 1.807) is 10.7 Å². The van der Waals surface area contributed by atoms with Crippen LogP contribution < -0.4 is 11.1 Å². The second-order valence-corrected chi connectivity index (χ2v) is 4.33. The number of hydrogen-bond acceptors (Lipinski definition) is 4. The molecule has 1 fully saturated rings. The third-order valence-corrected chi connectivity index (χ3v) is 3.00. The van der Waals surface area contributed by atoms with Gasteiger partial charge in [0.05, 0.1) is 6.20 Å². The molecule has 2 aromatic rings. The van der Waals surface area contributed by atoms with E-state index in [0.29, 0.717) is 5.92 Å². The molecule has 5 nitrogen and oxygen atoms in total. The molecule has 2 heterocycles. The van der Waals surface area contributed by atoms with Crippen molar-refractivity contribution in [3.8, 4) is 0 Å². The smallest absolute Gasteiger partial charge is 0.157 e. The molecular weight excluding hydrogens is 202 g/mol. The van der Waals surface area contributed by atoms with Gasteiger partial charge in [-0.15, -0.1) is 0 Å². The molecule has 5 heteroatoms. The Morgan fingerprint density at radius 1 is 1.50 bits per heavy atom. The van der Waals surface area contributed by atoms with Crippen LogP contribution in [0.3, 0.4) is 0 Å². The molecule has 0 saturated heterocycles. The molecule has 1 atom stereocenters. The minimum Gasteiger partial charge on any atom is -0.368 e. The average molecular weight is 217 g/mol. The number of rotatable bonds is 4. The molecule has 1 aliphatic rings. The van der Waals surface area contributed by atoms with E-state index in [2.05, 4.69) is 15.4 Å². The number of hydrogen-bond donors (Lipinski definition) is 2. The van der Waals surface area contributed by atoms with Gasteiger partial charge in [0.1, 0.15) is 5.82 Å². The molecule has 3 N–H and O–H groups in total. The fraction of sp³-hybridized carbons (Fsp3) is 0.455. The molecule has 0 radical (unpaired) electrons. The van der Waals surface area contributed by atoms with Crippen LogP contribution in [0.4, 0.5) is 5.82 Å². The predicted molar refractivity (Wildman–Crippen MR) is 62.2 cm³/mol. The van der Waals surface area contributed by atoms with Crippen LogP contribution in [-0.2, 0) is 0 Å². The first-order valence-corrected chi connectivity index (χ1v) is 5.63. The van der Waals surface area contributed by atoms with Gasteiger partial charge in [-0.25, -0.2) is 9.50 Å². The molecule has 16 heavy (non-hydrogen) atoms. The maximum Gasteiger partial charge on any atom is 0.157 e. The molecule has 0 aliphatic heterocycles. The van der Waals surface area contributed by atoms with Crippen molar-refractivity contribution in [2.75, 3.05) is 11.9 Å². The summed E-state index contributed by atoms with van der Waals surface area (Å²) < 4.78 is 1.74. The van der Waals surface area contributed by atoms with Gasteiger partial charge in [0.2, 0.25) is 0 Å². The predicted octanol–water partition coefficient (Wildman–Crippen LogP) is 0.878. The highest BCUT2D eigenvalue weighted by Gasteiger charge is 2.28. The molecule has 1 saturated carbocycles. The van der Waals surface area contributed by atoms with E-state index in [9.17, 15) is 0 Å². The van der Waals surface area contributed by atoms with Crippen LogP contribution >= 0.6 is 0 Å². The van der Waals surface area contributed by atoms with Crippen LogP contribution in [0.25, 0.3) is 5.65 Å². The number of anilines is 1. The Balaban J connectivity index is 1.68. The largest absolute Gasteiger partial charge is 0.368 e.